The van der Waals surface area contributed by atoms with Gasteiger partial charge in [-0.25, -0.2) is 0 Å². The zero-order chi connectivity index (χ0) is 9.38. The fourth-order valence-corrected chi connectivity index (χ4v) is 2.89. The predicted octanol–water partition coefficient (Wildman–Crippen LogP) is 3.02. The maximum Gasteiger partial charge on any atom is 0.0428 e. The van der Waals surface area contributed by atoms with Crippen molar-refractivity contribution in [3.8, 4) is 0 Å². The third-order valence-corrected chi connectivity index (χ3v) is 3.49. The van der Waals surface area contributed by atoms with Crippen molar-refractivity contribution in [2.75, 3.05) is 13.1 Å². The van der Waals surface area contributed by atoms with Gasteiger partial charge in [0, 0.05) is 18.8 Å². The molecule has 1 aliphatic carbocycles. The van der Waals surface area contributed by atoms with Crippen molar-refractivity contribution in [3.63, 3.8) is 0 Å². The van der Waals surface area contributed by atoms with Crippen LogP contribution < -0.4 is 0 Å². The predicted molar refractivity (Wildman–Crippen MR) is 58.9 cm³/mol. The summed E-state index contributed by atoms with van der Waals surface area (Å²) in [6.45, 7) is 2.56. The van der Waals surface area contributed by atoms with Gasteiger partial charge in [-0.15, -0.1) is 0 Å². The zero-order valence-corrected chi connectivity index (χ0v) is 8.63. The van der Waals surface area contributed by atoms with Crippen molar-refractivity contribution in [2.45, 2.75) is 32.1 Å². The monoisotopic (exact) mass is 187 g/mol. The molecule has 0 aromatic rings. The maximum atomic E-state index is 2.60. The topological polar surface area (TPSA) is 3.24 Å². The fourth-order valence-electron chi connectivity index (χ4n) is 2.89. The second-order valence-electron chi connectivity index (χ2n) is 4.44. The van der Waals surface area contributed by atoms with Crippen LogP contribution in [-0.4, -0.2) is 18.0 Å². The van der Waals surface area contributed by atoms with Gasteiger partial charge in [-0.3, -0.25) is 0 Å². The van der Waals surface area contributed by atoms with Crippen LogP contribution in [0.2, 0.25) is 0 Å². The van der Waals surface area contributed by atoms with Crippen molar-refractivity contribution in [1.29, 1.82) is 0 Å². The molecule has 0 unspecified atom stereocenters. The Kier molecular flexibility index (Phi) is 1.97. The van der Waals surface area contributed by atoms with E-state index in [1.165, 1.54) is 38.8 Å². The van der Waals surface area contributed by atoms with Crippen LogP contribution >= 0.6 is 0 Å². The summed E-state index contributed by atoms with van der Waals surface area (Å²) in [6, 6.07) is 0. The Morgan fingerprint density at radius 2 is 1.93 bits per heavy atom. The number of rotatable bonds is 0. The first-order chi connectivity index (χ1) is 6.95. The van der Waals surface area contributed by atoms with E-state index in [2.05, 4.69) is 23.1 Å². The van der Waals surface area contributed by atoms with Gasteiger partial charge in [-0.2, -0.15) is 0 Å². The van der Waals surface area contributed by atoms with Crippen LogP contribution in [0.1, 0.15) is 32.1 Å². The first kappa shape index (κ1) is 8.34. The van der Waals surface area contributed by atoms with Crippen LogP contribution in [0, 0.1) is 0 Å². The summed E-state index contributed by atoms with van der Waals surface area (Å²) in [6.07, 6.45) is 13.5. The molecule has 0 aromatic carbocycles. The summed E-state index contributed by atoms with van der Waals surface area (Å²) in [5, 5.41) is 0. The molecule has 0 saturated carbocycles. The lowest BCUT2D eigenvalue weighted by atomic mass is 9.92. The second kappa shape index (κ2) is 3.30. The highest BCUT2D eigenvalue weighted by Gasteiger charge is 2.25. The van der Waals surface area contributed by atoms with E-state index >= 15 is 0 Å². The lowest BCUT2D eigenvalue weighted by Crippen LogP contribution is -2.33. The summed E-state index contributed by atoms with van der Waals surface area (Å²) >= 11 is 0. The zero-order valence-electron chi connectivity index (χ0n) is 8.63. The Bertz CT molecular complexity index is 333. The van der Waals surface area contributed by atoms with E-state index < -0.39 is 0 Å². The highest BCUT2D eigenvalue weighted by atomic mass is 15.1. The van der Waals surface area contributed by atoms with Gasteiger partial charge in [-0.1, -0.05) is 18.2 Å². The van der Waals surface area contributed by atoms with Gasteiger partial charge >= 0.3 is 0 Å². The molecule has 2 heterocycles. The van der Waals surface area contributed by atoms with Crippen molar-refractivity contribution >= 4 is 0 Å². The van der Waals surface area contributed by atoms with E-state index in [0.29, 0.717) is 0 Å². The maximum absolute atomic E-state index is 2.60. The first-order valence-corrected chi connectivity index (χ1v) is 5.79. The normalized spacial score (nSPS) is 25.7. The van der Waals surface area contributed by atoms with E-state index in [1.54, 1.807) is 16.8 Å². The molecule has 1 saturated heterocycles. The molecule has 0 radical (unpaired) electrons. The second-order valence-corrected chi connectivity index (χ2v) is 4.44. The lowest BCUT2D eigenvalue weighted by Gasteiger charge is -2.38. The van der Waals surface area contributed by atoms with Crippen molar-refractivity contribution < 1.29 is 0 Å². The SMILES string of the molecule is C1=CC2=C3C(=CC1)CCCN3CCC2. The van der Waals surface area contributed by atoms with Gasteiger partial charge < -0.3 is 4.90 Å². The van der Waals surface area contributed by atoms with E-state index in [4.69, 9.17) is 0 Å². The van der Waals surface area contributed by atoms with Crippen LogP contribution in [0.25, 0.3) is 0 Å². The Morgan fingerprint density at radius 3 is 2.86 bits per heavy atom. The molecule has 74 valence electrons. The standard InChI is InChI=1S/C13H17N/c1-2-6-12-8-4-10-14-9-3-7-11(5-1)13(12)14/h1,5-6H,2-4,7-10H2. The van der Waals surface area contributed by atoms with Crippen LogP contribution in [0.4, 0.5) is 0 Å². The summed E-state index contributed by atoms with van der Waals surface area (Å²) in [4.78, 5) is 2.60. The van der Waals surface area contributed by atoms with Gasteiger partial charge in [0.25, 0.3) is 0 Å². The van der Waals surface area contributed by atoms with Gasteiger partial charge in [0.15, 0.2) is 0 Å². The number of piperidine rings is 1. The Labute approximate surface area is 85.8 Å². The smallest absolute Gasteiger partial charge is 0.0428 e. The highest BCUT2D eigenvalue weighted by molar-refractivity contribution is 5.44. The van der Waals surface area contributed by atoms with Gasteiger partial charge in [-0.05, 0) is 43.3 Å². The molecule has 1 fully saturated rings. The van der Waals surface area contributed by atoms with Crippen molar-refractivity contribution in [1.82, 2.24) is 4.90 Å². The van der Waals surface area contributed by atoms with Gasteiger partial charge in [0.2, 0.25) is 0 Å². The van der Waals surface area contributed by atoms with Crippen LogP contribution in [-0.2, 0) is 0 Å². The highest BCUT2D eigenvalue weighted by Crippen LogP contribution is 2.36. The van der Waals surface area contributed by atoms with Crippen molar-refractivity contribution in [2.24, 2.45) is 0 Å². The number of allylic oxidation sites excluding steroid dienone is 5. The number of hydrogen-bond donors (Lipinski definition) is 0. The molecule has 1 nitrogen and oxygen atoms in total. The van der Waals surface area contributed by atoms with Crippen molar-refractivity contribution in [3.05, 3.63) is 35.1 Å². The molecular weight excluding hydrogens is 170 g/mol. The third kappa shape index (κ3) is 1.23. The average molecular weight is 187 g/mol. The minimum atomic E-state index is 1.14. The summed E-state index contributed by atoms with van der Waals surface area (Å²) in [5.41, 5.74) is 4.81. The molecule has 3 aliphatic rings. The molecule has 0 spiro atoms. The molecule has 0 amide bonds. The minimum Gasteiger partial charge on any atom is -0.371 e. The van der Waals surface area contributed by atoms with Gasteiger partial charge in [0.1, 0.15) is 0 Å². The van der Waals surface area contributed by atoms with E-state index in [-0.39, 0.29) is 0 Å². The van der Waals surface area contributed by atoms with Crippen LogP contribution in [0.5, 0.6) is 0 Å². The summed E-state index contributed by atoms with van der Waals surface area (Å²) in [7, 11) is 0. The Morgan fingerprint density at radius 1 is 1.07 bits per heavy atom. The minimum absolute atomic E-state index is 1.14. The Balaban J connectivity index is 2.09. The molecule has 14 heavy (non-hydrogen) atoms. The van der Waals surface area contributed by atoms with Crippen LogP contribution in [0.15, 0.2) is 35.1 Å². The van der Waals surface area contributed by atoms with Crippen LogP contribution in [0.3, 0.4) is 0 Å². The molecule has 0 bridgehead atoms. The fraction of sp³-hybridized carbons (Fsp3) is 0.538. The average Bonchev–Trinajstić information content (AvgIpc) is 2.44. The van der Waals surface area contributed by atoms with E-state index in [9.17, 15) is 0 Å². The summed E-state index contributed by atoms with van der Waals surface area (Å²) in [5.74, 6) is 0. The first-order valence-electron chi connectivity index (χ1n) is 5.79. The third-order valence-electron chi connectivity index (χ3n) is 3.49. The van der Waals surface area contributed by atoms with E-state index in [0.717, 1.165) is 6.42 Å². The molecule has 0 N–H and O–H groups in total. The summed E-state index contributed by atoms with van der Waals surface area (Å²) < 4.78 is 0. The largest absolute Gasteiger partial charge is 0.371 e. The molecule has 3 rings (SSSR count). The lowest BCUT2D eigenvalue weighted by molar-refractivity contribution is 0.298. The number of hydrogen-bond acceptors (Lipinski definition) is 1. The molecule has 0 aromatic heterocycles. The molecular formula is C13H17N. The Hall–Kier alpha value is -0.980. The van der Waals surface area contributed by atoms with E-state index in [1.807, 2.05) is 0 Å². The molecule has 1 heteroatoms. The number of nitrogens with zero attached hydrogens (tertiary/aromatic N) is 1. The molecule has 0 atom stereocenters. The molecule has 2 aliphatic heterocycles. The quantitative estimate of drug-likeness (QED) is 0.563. The van der Waals surface area contributed by atoms with Gasteiger partial charge in [0.05, 0.1) is 0 Å².